The van der Waals surface area contributed by atoms with Crippen LogP contribution in [0, 0.1) is 5.92 Å². The molecule has 0 bridgehead atoms. The van der Waals surface area contributed by atoms with Crippen LogP contribution in [0.1, 0.15) is 41.0 Å². The van der Waals surface area contributed by atoms with E-state index in [4.69, 9.17) is 0 Å². The number of hydrogen-bond acceptors (Lipinski definition) is 2. The molecule has 0 radical (unpaired) electrons. The average molecular weight is 200 g/mol. The highest BCUT2D eigenvalue weighted by atomic mass is 15.2. The van der Waals surface area contributed by atoms with Gasteiger partial charge in [-0.1, -0.05) is 27.7 Å². The summed E-state index contributed by atoms with van der Waals surface area (Å²) >= 11 is 0. The van der Waals surface area contributed by atoms with E-state index in [1.54, 1.807) is 0 Å². The first kappa shape index (κ1) is 13.9. The first-order valence-corrected chi connectivity index (χ1v) is 5.97. The molecule has 2 atom stereocenters. The zero-order valence-corrected chi connectivity index (χ0v) is 10.8. The van der Waals surface area contributed by atoms with Gasteiger partial charge in [-0.2, -0.15) is 0 Å². The molecule has 0 aliphatic heterocycles. The molecule has 2 unspecified atom stereocenters. The van der Waals surface area contributed by atoms with Gasteiger partial charge in [-0.25, -0.2) is 0 Å². The molecule has 0 amide bonds. The van der Waals surface area contributed by atoms with Gasteiger partial charge in [-0.3, -0.25) is 4.90 Å². The molecule has 0 aliphatic carbocycles. The van der Waals surface area contributed by atoms with Crippen LogP contribution in [0.2, 0.25) is 0 Å². The predicted octanol–water partition coefficient (Wildman–Crippen LogP) is 2.35. The zero-order chi connectivity index (χ0) is 11.1. The van der Waals surface area contributed by atoms with E-state index in [2.05, 4.69) is 51.9 Å². The van der Waals surface area contributed by atoms with Crippen molar-refractivity contribution in [3.63, 3.8) is 0 Å². The molecule has 14 heavy (non-hydrogen) atoms. The fraction of sp³-hybridized carbons (Fsp3) is 1.00. The summed E-state index contributed by atoms with van der Waals surface area (Å²) in [5.41, 5.74) is 0. The first-order chi connectivity index (χ1) is 6.54. The van der Waals surface area contributed by atoms with Crippen LogP contribution >= 0.6 is 0 Å². The Morgan fingerprint density at radius 1 is 1.14 bits per heavy atom. The molecule has 0 aromatic heterocycles. The molecule has 0 rings (SSSR count). The monoisotopic (exact) mass is 200 g/mol. The summed E-state index contributed by atoms with van der Waals surface area (Å²) < 4.78 is 0. The summed E-state index contributed by atoms with van der Waals surface area (Å²) in [5, 5.41) is 3.43. The van der Waals surface area contributed by atoms with Crippen LogP contribution < -0.4 is 5.32 Å². The highest BCUT2D eigenvalue weighted by Crippen LogP contribution is 2.12. The minimum Gasteiger partial charge on any atom is -0.315 e. The van der Waals surface area contributed by atoms with Gasteiger partial charge in [0.05, 0.1) is 0 Å². The Balaban J connectivity index is 4.08. The van der Waals surface area contributed by atoms with E-state index in [9.17, 15) is 0 Å². The van der Waals surface area contributed by atoms with E-state index in [1.165, 1.54) is 6.42 Å². The van der Waals surface area contributed by atoms with Crippen LogP contribution in [-0.4, -0.2) is 37.1 Å². The Bertz CT molecular complexity index is 134. The first-order valence-electron chi connectivity index (χ1n) is 5.97. The highest BCUT2D eigenvalue weighted by Gasteiger charge is 2.19. The predicted molar refractivity (Wildman–Crippen MR) is 64.7 cm³/mol. The van der Waals surface area contributed by atoms with Crippen LogP contribution in [0.3, 0.4) is 0 Å². The van der Waals surface area contributed by atoms with Crippen molar-refractivity contribution in [1.29, 1.82) is 0 Å². The summed E-state index contributed by atoms with van der Waals surface area (Å²) in [5.74, 6) is 0.732. The average Bonchev–Trinajstić information content (AvgIpc) is 2.17. The number of hydrogen-bond donors (Lipinski definition) is 1. The summed E-state index contributed by atoms with van der Waals surface area (Å²) in [6.45, 7) is 13.5. The summed E-state index contributed by atoms with van der Waals surface area (Å²) in [4.78, 5) is 2.51. The van der Waals surface area contributed by atoms with Crippen LogP contribution in [0.15, 0.2) is 0 Å². The molecule has 0 aromatic rings. The number of nitrogens with one attached hydrogen (secondary N) is 1. The quantitative estimate of drug-likeness (QED) is 0.678. The van der Waals surface area contributed by atoms with Crippen LogP contribution in [0.25, 0.3) is 0 Å². The summed E-state index contributed by atoms with van der Waals surface area (Å²) in [6.07, 6.45) is 1.22. The van der Waals surface area contributed by atoms with Crippen LogP contribution in [-0.2, 0) is 0 Å². The number of likely N-dealkylation sites (N-methyl/N-ethyl adjacent to an activating group) is 2. The van der Waals surface area contributed by atoms with Gasteiger partial charge in [0.1, 0.15) is 0 Å². The molecule has 0 saturated carbocycles. The largest absolute Gasteiger partial charge is 0.315 e. The Morgan fingerprint density at radius 2 is 1.71 bits per heavy atom. The van der Waals surface area contributed by atoms with Crippen molar-refractivity contribution in [2.45, 2.75) is 53.1 Å². The van der Waals surface area contributed by atoms with Gasteiger partial charge in [0.25, 0.3) is 0 Å². The van der Waals surface area contributed by atoms with Crippen LogP contribution in [0.4, 0.5) is 0 Å². The second-order valence-electron chi connectivity index (χ2n) is 4.52. The fourth-order valence-electron chi connectivity index (χ4n) is 1.69. The molecule has 0 heterocycles. The SMILES string of the molecule is CCNCC(CC)N(C)C(C)C(C)C. The van der Waals surface area contributed by atoms with Gasteiger partial charge < -0.3 is 5.32 Å². The molecule has 86 valence electrons. The Morgan fingerprint density at radius 3 is 2.07 bits per heavy atom. The molecule has 0 aromatic carbocycles. The highest BCUT2D eigenvalue weighted by molar-refractivity contribution is 4.76. The van der Waals surface area contributed by atoms with Gasteiger partial charge in [0.2, 0.25) is 0 Å². The van der Waals surface area contributed by atoms with Gasteiger partial charge in [0.15, 0.2) is 0 Å². The Hall–Kier alpha value is -0.0800. The molecule has 0 saturated heterocycles. The van der Waals surface area contributed by atoms with Crippen molar-refractivity contribution < 1.29 is 0 Å². The van der Waals surface area contributed by atoms with E-state index >= 15 is 0 Å². The van der Waals surface area contributed by atoms with Gasteiger partial charge >= 0.3 is 0 Å². The molecule has 2 heteroatoms. The Kier molecular flexibility index (Phi) is 7.20. The topological polar surface area (TPSA) is 15.3 Å². The van der Waals surface area contributed by atoms with E-state index in [0.29, 0.717) is 12.1 Å². The van der Waals surface area contributed by atoms with Crippen molar-refractivity contribution in [3.05, 3.63) is 0 Å². The van der Waals surface area contributed by atoms with Crippen molar-refractivity contribution in [3.8, 4) is 0 Å². The summed E-state index contributed by atoms with van der Waals surface area (Å²) in [7, 11) is 2.25. The lowest BCUT2D eigenvalue weighted by atomic mass is 10.0. The van der Waals surface area contributed by atoms with Gasteiger partial charge in [0, 0.05) is 18.6 Å². The third-order valence-corrected chi connectivity index (χ3v) is 3.28. The smallest absolute Gasteiger partial charge is 0.0217 e. The Labute approximate surface area is 90.1 Å². The van der Waals surface area contributed by atoms with E-state index in [1.807, 2.05) is 0 Å². The molecular weight excluding hydrogens is 172 g/mol. The standard InChI is InChI=1S/C12H28N2/c1-7-12(9-13-8-2)14(6)11(5)10(3)4/h10-13H,7-9H2,1-6H3. The van der Waals surface area contributed by atoms with Crippen molar-refractivity contribution in [1.82, 2.24) is 10.2 Å². The lowest BCUT2D eigenvalue weighted by molar-refractivity contribution is 0.142. The molecule has 0 spiro atoms. The molecule has 0 aliphatic rings. The van der Waals surface area contributed by atoms with E-state index in [-0.39, 0.29) is 0 Å². The van der Waals surface area contributed by atoms with Crippen LogP contribution in [0.5, 0.6) is 0 Å². The normalized spacial score (nSPS) is 16.3. The van der Waals surface area contributed by atoms with E-state index < -0.39 is 0 Å². The zero-order valence-electron chi connectivity index (χ0n) is 10.8. The van der Waals surface area contributed by atoms with Crippen molar-refractivity contribution in [2.75, 3.05) is 20.1 Å². The van der Waals surface area contributed by atoms with Crippen molar-refractivity contribution >= 4 is 0 Å². The third-order valence-electron chi connectivity index (χ3n) is 3.28. The van der Waals surface area contributed by atoms with Gasteiger partial charge in [-0.05, 0) is 32.9 Å². The number of rotatable bonds is 7. The minimum absolute atomic E-state index is 0.665. The maximum absolute atomic E-state index is 3.43. The second kappa shape index (κ2) is 7.24. The number of nitrogens with zero attached hydrogens (tertiary/aromatic N) is 1. The van der Waals surface area contributed by atoms with Gasteiger partial charge in [-0.15, -0.1) is 0 Å². The van der Waals surface area contributed by atoms with E-state index in [0.717, 1.165) is 19.0 Å². The maximum Gasteiger partial charge on any atom is 0.0217 e. The molecule has 2 nitrogen and oxygen atoms in total. The molecular formula is C12H28N2. The maximum atomic E-state index is 3.43. The third kappa shape index (κ3) is 4.43. The van der Waals surface area contributed by atoms with Crippen molar-refractivity contribution in [2.24, 2.45) is 5.92 Å². The fourth-order valence-corrected chi connectivity index (χ4v) is 1.69. The second-order valence-corrected chi connectivity index (χ2v) is 4.52. The molecule has 1 N–H and O–H groups in total. The molecule has 0 fully saturated rings. The minimum atomic E-state index is 0.665. The summed E-state index contributed by atoms with van der Waals surface area (Å²) in [6, 6.07) is 1.34. The lowest BCUT2D eigenvalue weighted by Crippen LogP contribution is -2.46. The lowest BCUT2D eigenvalue weighted by Gasteiger charge is -2.35.